The minimum Gasteiger partial charge on any atom is -0.497 e. The molecule has 164 valence electrons. The number of rotatable bonds is 7. The van der Waals surface area contributed by atoms with Crippen LogP contribution in [0.3, 0.4) is 0 Å². The number of methoxy groups -OCH3 is 1. The maximum Gasteiger partial charge on any atom is 0.279 e. The van der Waals surface area contributed by atoms with Crippen LogP contribution in [-0.2, 0) is 4.79 Å². The van der Waals surface area contributed by atoms with Gasteiger partial charge in [-0.2, -0.15) is 0 Å². The monoisotopic (exact) mass is 435 g/mol. The van der Waals surface area contributed by atoms with Crippen molar-refractivity contribution in [2.45, 2.75) is 6.04 Å². The third-order valence-corrected chi connectivity index (χ3v) is 5.17. The molecule has 0 spiro atoms. The van der Waals surface area contributed by atoms with Crippen molar-refractivity contribution in [1.82, 2.24) is 0 Å². The van der Waals surface area contributed by atoms with E-state index in [2.05, 4.69) is 5.32 Å². The Labute approximate surface area is 184 Å². The van der Waals surface area contributed by atoms with Crippen molar-refractivity contribution in [3.05, 3.63) is 82.4 Å². The van der Waals surface area contributed by atoms with Crippen molar-refractivity contribution in [1.29, 1.82) is 0 Å². The van der Waals surface area contributed by atoms with Crippen LogP contribution in [0.1, 0.15) is 11.6 Å². The number of nitro groups is 1. The molecule has 0 aliphatic carbocycles. The zero-order valence-corrected chi connectivity index (χ0v) is 17.5. The van der Waals surface area contributed by atoms with Gasteiger partial charge in [-0.15, -0.1) is 0 Å². The summed E-state index contributed by atoms with van der Waals surface area (Å²) in [7, 11) is 3.26. The van der Waals surface area contributed by atoms with E-state index < -0.39 is 16.9 Å². The molecule has 9 heteroatoms. The number of hydrogen-bond donors (Lipinski definition) is 1. The Morgan fingerprint density at radius 3 is 2.38 bits per heavy atom. The summed E-state index contributed by atoms with van der Waals surface area (Å²) in [6.07, 6.45) is 0. The highest BCUT2D eigenvalue weighted by Crippen LogP contribution is 2.42. The number of nitrogens with one attached hydrogen (secondary N) is 1. The molecule has 1 heterocycles. The molecule has 32 heavy (non-hydrogen) atoms. The number of ether oxygens (including phenoxy) is 3. The van der Waals surface area contributed by atoms with Gasteiger partial charge in [-0.05, 0) is 42.5 Å². The lowest BCUT2D eigenvalue weighted by atomic mass is 10.0. The van der Waals surface area contributed by atoms with E-state index in [4.69, 9.17) is 14.2 Å². The summed E-state index contributed by atoms with van der Waals surface area (Å²) in [6.45, 7) is -0.0345. The number of carbonyl (C=O) groups excluding carboxylic acids is 1. The molecule has 0 radical (unpaired) electrons. The number of fused-ring (bicyclic) bond motifs is 1. The largest absolute Gasteiger partial charge is 0.497 e. The van der Waals surface area contributed by atoms with Gasteiger partial charge in [0.25, 0.3) is 11.6 Å². The van der Waals surface area contributed by atoms with Crippen LogP contribution in [0.2, 0.25) is 0 Å². The number of para-hydroxylation sites is 1. The highest BCUT2D eigenvalue weighted by atomic mass is 16.7. The van der Waals surface area contributed by atoms with Crippen molar-refractivity contribution in [3.63, 3.8) is 0 Å². The lowest BCUT2D eigenvalue weighted by Crippen LogP contribution is -2.35. The third kappa shape index (κ3) is 4.13. The molecule has 0 aromatic heterocycles. The first kappa shape index (κ1) is 21.0. The van der Waals surface area contributed by atoms with Gasteiger partial charge in [0.2, 0.25) is 6.79 Å². The summed E-state index contributed by atoms with van der Waals surface area (Å²) in [5.41, 5.74) is 1.21. The van der Waals surface area contributed by atoms with Gasteiger partial charge in [0.1, 0.15) is 11.8 Å². The maximum atomic E-state index is 13.5. The van der Waals surface area contributed by atoms with Crippen molar-refractivity contribution in [3.8, 4) is 17.2 Å². The molecule has 1 aliphatic rings. The Morgan fingerprint density at radius 1 is 1.09 bits per heavy atom. The number of carbonyl (C=O) groups is 1. The molecular formula is C23H21N3O6. The van der Waals surface area contributed by atoms with Crippen LogP contribution in [0.15, 0.2) is 66.7 Å². The molecule has 1 N–H and O–H groups in total. The zero-order valence-electron chi connectivity index (χ0n) is 17.5. The molecule has 0 saturated carbocycles. The van der Waals surface area contributed by atoms with Crippen LogP contribution < -0.4 is 24.4 Å². The molecule has 0 fully saturated rings. The summed E-state index contributed by atoms with van der Waals surface area (Å²) in [5.74, 6) is 0.835. The Kier molecular flexibility index (Phi) is 5.80. The van der Waals surface area contributed by atoms with Gasteiger partial charge in [0.05, 0.1) is 23.7 Å². The van der Waals surface area contributed by atoms with Gasteiger partial charge in [-0.1, -0.05) is 18.2 Å². The fraction of sp³-hybridized carbons (Fsp3) is 0.174. The summed E-state index contributed by atoms with van der Waals surface area (Å²) < 4.78 is 15.9. The normalized spacial score (nSPS) is 12.7. The van der Waals surface area contributed by atoms with Crippen LogP contribution in [0, 0.1) is 10.1 Å². The number of benzene rings is 3. The number of anilines is 2. The first-order valence-corrected chi connectivity index (χ1v) is 9.78. The second-order valence-corrected chi connectivity index (χ2v) is 7.09. The van der Waals surface area contributed by atoms with Crippen LogP contribution in [0.4, 0.5) is 17.1 Å². The predicted molar refractivity (Wildman–Crippen MR) is 118 cm³/mol. The number of likely N-dealkylation sites (N-methyl/N-ethyl adjacent to an activating group) is 1. The SMILES string of the molecule is COc1ccc(NC(=O)[C@@H](c2cc3c(cc2[N+](=O)[O-])OCO3)N(C)c2ccccc2)cc1. The second-order valence-electron chi connectivity index (χ2n) is 7.09. The summed E-state index contributed by atoms with van der Waals surface area (Å²) in [6, 6.07) is 17.8. The number of hydrogen-bond acceptors (Lipinski definition) is 7. The van der Waals surface area contributed by atoms with Gasteiger partial charge in [0.15, 0.2) is 11.5 Å². The molecule has 1 atom stereocenters. The average molecular weight is 435 g/mol. The van der Waals surface area contributed by atoms with Crippen LogP contribution in [-0.4, -0.2) is 31.8 Å². The molecule has 3 aromatic rings. The Hall–Kier alpha value is -4.27. The van der Waals surface area contributed by atoms with Gasteiger partial charge >= 0.3 is 0 Å². The zero-order chi connectivity index (χ0) is 22.7. The fourth-order valence-corrected chi connectivity index (χ4v) is 3.55. The smallest absolute Gasteiger partial charge is 0.279 e. The summed E-state index contributed by atoms with van der Waals surface area (Å²) in [5, 5.41) is 14.7. The minimum atomic E-state index is -1.02. The average Bonchev–Trinajstić information content (AvgIpc) is 3.27. The molecule has 4 rings (SSSR count). The molecule has 1 aliphatic heterocycles. The van der Waals surface area contributed by atoms with E-state index in [1.165, 1.54) is 12.1 Å². The number of nitro benzene ring substituents is 1. The van der Waals surface area contributed by atoms with E-state index in [1.807, 2.05) is 30.3 Å². The molecule has 0 saturated heterocycles. The highest BCUT2D eigenvalue weighted by molar-refractivity contribution is 5.98. The van der Waals surface area contributed by atoms with Crippen molar-refractivity contribution < 1.29 is 23.9 Å². The van der Waals surface area contributed by atoms with Crippen LogP contribution in [0.25, 0.3) is 0 Å². The standard InChI is InChI=1S/C23H21N3O6/c1-25(16-6-4-3-5-7-16)22(23(27)24-15-8-10-17(30-2)11-9-15)18-12-20-21(32-14-31-20)13-19(18)26(28)29/h3-13,22H,14H2,1-2H3,(H,24,27)/t22-/m1/s1. The Bertz CT molecular complexity index is 1130. The maximum absolute atomic E-state index is 13.5. The van der Waals surface area contributed by atoms with Crippen LogP contribution in [0.5, 0.6) is 17.2 Å². The fourth-order valence-electron chi connectivity index (χ4n) is 3.55. The third-order valence-electron chi connectivity index (χ3n) is 5.17. The predicted octanol–water partition coefficient (Wildman–Crippen LogP) is 4.15. The van der Waals surface area contributed by atoms with E-state index in [0.29, 0.717) is 22.9 Å². The van der Waals surface area contributed by atoms with Crippen molar-refractivity contribution >= 4 is 23.0 Å². The van der Waals surface area contributed by atoms with Crippen molar-refractivity contribution in [2.24, 2.45) is 0 Å². The molecule has 3 aromatic carbocycles. The van der Waals surface area contributed by atoms with E-state index in [0.717, 1.165) is 0 Å². The Morgan fingerprint density at radius 2 is 1.75 bits per heavy atom. The van der Waals surface area contributed by atoms with Crippen LogP contribution >= 0.6 is 0 Å². The molecule has 9 nitrogen and oxygen atoms in total. The van der Waals surface area contributed by atoms with Gasteiger partial charge in [0, 0.05) is 18.4 Å². The topological polar surface area (TPSA) is 103 Å². The molecular weight excluding hydrogens is 414 g/mol. The number of nitrogens with zero attached hydrogens (tertiary/aromatic N) is 2. The Balaban J connectivity index is 1.77. The van der Waals surface area contributed by atoms with Gasteiger partial charge in [-0.25, -0.2) is 0 Å². The van der Waals surface area contributed by atoms with E-state index in [-0.39, 0.29) is 23.8 Å². The molecule has 1 amide bonds. The summed E-state index contributed by atoms with van der Waals surface area (Å²) in [4.78, 5) is 26.5. The number of amides is 1. The van der Waals surface area contributed by atoms with E-state index in [1.54, 1.807) is 43.3 Å². The summed E-state index contributed by atoms with van der Waals surface area (Å²) >= 11 is 0. The lowest BCUT2D eigenvalue weighted by Gasteiger charge is -2.29. The first-order valence-electron chi connectivity index (χ1n) is 9.78. The quantitative estimate of drug-likeness (QED) is 0.439. The second kappa shape index (κ2) is 8.84. The molecule has 0 unspecified atom stereocenters. The highest BCUT2D eigenvalue weighted by Gasteiger charge is 2.35. The van der Waals surface area contributed by atoms with Crippen molar-refractivity contribution in [2.75, 3.05) is 31.2 Å². The van der Waals surface area contributed by atoms with Gasteiger partial charge < -0.3 is 24.4 Å². The first-order chi connectivity index (χ1) is 15.5. The van der Waals surface area contributed by atoms with Gasteiger partial charge in [-0.3, -0.25) is 14.9 Å². The van der Waals surface area contributed by atoms with E-state index >= 15 is 0 Å². The molecule has 0 bridgehead atoms. The van der Waals surface area contributed by atoms with E-state index in [9.17, 15) is 14.9 Å². The minimum absolute atomic E-state index is 0.0345. The lowest BCUT2D eigenvalue weighted by molar-refractivity contribution is -0.385.